The van der Waals surface area contributed by atoms with Crippen LogP contribution < -0.4 is 0 Å². The summed E-state index contributed by atoms with van der Waals surface area (Å²) >= 11 is 0. The summed E-state index contributed by atoms with van der Waals surface area (Å²) < 4.78 is 5.09. The number of aryl methyl sites for hydroxylation is 1. The Bertz CT molecular complexity index is 517. The molecule has 0 saturated carbocycles. The first-order valence-electron chi connectivity index (χ1n) is 4.80. The lowest BCUT2D eigenvalue weighted by molar-refractivity contribution is 0.371. The average Bonchev–Trinajstić information content (AvgIpc) is 2.27. The van der Waals surface area contributed by atoms with Gasteiger partial charge in [0.2, 0.25) is 0 Å². The zero-order valence-corrected chi connectivity index (χ0v) is 8.95. The van der Waals surface area contributed by atoms with Crippen LogP contribution in [0.15, 0.2) is 37.0 Å². The number of ether oxygens (including phenoxy) is 1. The first-order valence-corrected chi connectivity index (χ1v) is 4.80. The van der Waals surface area contributed by atoms with Crippen LogP contribution in [0.3, 0.4) is 0 Å². The Balaban J connectivity index is 2.57. The van der Waals surface area contributed by atoms with E-state index in [2.05, 4.69) is 23.7 Å². The Labute approximate surface area is 89.2 Å². The quantitative estimate of drug-likeness (QED) is 0.693. The van der Waals surface area contributed by atoms with E-state index in [0.29, 0.717) is 5.76 Å². The standard InChI is InChI=1S/C13H13NO/c1-9-6-12-5-4-11(10(2)15-3)7-13(12)8-14-9/h4-8H,2H2,1,3H3. The molecule has 2 heteroatoms. The van der Waals surface area contributed by atoms with Gasteiger partial charge in [0.25, 0.3) is 0 Å². The second kappa shape index (κ2) is 3.73. The van der Waals surface area contributed by atoms with E-state index < -0.39 is 0 Å². The summed E-state index contributed by atoms with van der Waals surface area (Å²) in [5.74, 6) is 0.678. The molecule has 0 unspecified atom stereocenters. The number of pyridine rings is 1. The van der Waals surface area contributed by atoms with Gasteiger partial charge in [-0.2, -0.15) is 0 Å². The fourth-order valence-corrected chi connectivity index (χ4v) is 1.54. The second-order valence-electron chi connectivity index (χ2n) is 3.51. The third kappa shape index (κ3) is 1.84. The first kappa shape index (κ1) is 9.71. The highest BCUT2D eigenvalue weighted by atomic mass is 16.5. The molecule has 76 valence electrons. The molecule has 15 heavy (non-hydrogen) atoms. The summed E-state index contributed by atoms with van der Waals surface area (Å²) in [6.45, 7) is 5.81. The summed E-state index contributed by atoms with van der Waals surface area (Å²) in [4.78, 5) is 4.26. The van der Waals surface area contributed by atoms with E-state index >= 15 is 0 Å². The van der Waals surface area contributed by atoms with E-state index in [0.717, 1.165) is 16.6 Å². The van der Waals surface area contributed by atoms with Gasteiger partial charge in [-0.15, -0.1) is 0 Å². The molecule has 0 radical (unpaired) electrons. The number of benzene rings is 1. The highest BCUT2D eigenvalue weighted by Gasteiger charge is 2.00. The molecule has 2 nitrogen and oxygen atoms in total. The summed E-state index contributed by atoms with van der Waals surface area (Å²) in [6, 6.07) is 8.17. The molecular weight excluding hydrogens is 186 g/mol. The molecule has 0 saturated heterocycles. The van der Waals surface area contributed by atoms with Crippen molar-refractivity contribution in [3.05, 3.63) is 48.3 Å². The van der Waals surface area contributed by atoms with Gasteiger partial charge in [0.1, 0.15) is 5.76 Å². The number of methoxy groups -OCH3 is 1. The fraction of sp³-hybridized carbons (Fsp3) is 0.154. The maximum Gasteiger partial charge on any atom is 0.118 e. The van der Waals surface area contributed by atoms with Crippen molar-refractivity contribution in [2.45, 2.75) is 6.92 Å². The van der Waals surface area contributed by atoms with Gasteiger partial charge in [0, 0.05) is 22.8 Å². The van der Waals surface area contributed by atoms with E-state index in [1.165, 1.54) is 5.39 Å². The second-order valence-corrected chi connectivity index (χ2v) is 3.51. The molecule has 1 aromatic heterocycles. The minimum Gasteiger partial charge on any atom is -0.497 e. The van der Waals surface area contributed by atoms with Gasteiger partial charge in [0.05, 0.1) is 7.11 Å². The van der Waals surface area contributed by atoms with Gasteiger partial charge >= 0.3 is 0 Å². The molecule has 2 aromatic rings. The van der Waals surface area contributed by atoms with Gasteiger partial charge in [-0.1, -0.05) is 18.7 Å². The lowest BCUT2D eigenvalue weighted by atomic mass is 10.1. The molecule has 0 aliphatic heterocycles. The van der Waals surface area contributed by atoms with Crippen molar-refractivity contribution in [1.29, 1.82) is 0 Å². The Morgan fingerprint density at radius 1 is 1.27 bits per heavy atom. The van der Waals surface area contributed by atoms with Crippen LogP contribution in [0.25, 0.3) is 16.5 Å². The Morgan fingerprint density at radius 2 is 2.07 bits per heavy atom. The maximum atomic E-state index is 5.09. The number of aromatic nitrogens is 1. The predicted octanol–water partition coefficient (Wildman–Crippen LogP) is 3.16. The van der Waals surface area contributed by atoms with Crippen LogP contribution in [-0.2, 0) is 4.74 Å². The molecule has 0 aliphatic carbocycles. The minimum atomic E-state index is 0.678. The molecule has 2 rings (SSSR count). The largest absolute Gasteiger partial charge is 0.497 e. The van der Waals surface area contributed by atoms with Crippen molar-refractivity contribution in [2.75, 3.05) is 7.11 Å². The summed E-state index contributed by atoms with van der Waals surface area (Å²) in [5, 5.41) is 2.30. The van der Waals surface area contributed by atoms with E-state index in [-0.39, 0.29) is 0 Å². The Morgan fingerprint density at radius 3 is 2.80 bits per heavy atom. The zero-order valence-electron chi connectivity index (χ0n) is 8.95. The van der Waals surface area contributed by atoms with Crippen LogP contribution in [0.4, 0.5) is 0 Å². The van der Waals surface area contributed by atoms with Crippen molar-refractivity contribution >= 4 is 16.5 Å². The van der Waals surface area contributed by atoms with Crippen LogP contribution in [0.5, 0.6) is 0 Å². The van der Waals surface area contributed by atoms with Crippen molar-refractivity contribution in [1.82, 2.24) is 4.98 Å². The molecule has 0 fully saturated rings. The molecule has 1 heterocycles. The topological polar surface area (TPSA) is 22.1 Å². The number of nitrogens with zero attached hydrogens (tertiary/aromatic N) is 1. The minimum absolute atomic E-state index is 0.678. The average molecular weight is 199 g/mol. The molecule has 0 amide bonds. The highest BCUT2D eigenvalue weighted by molar-refractivity contribution is 5.85. The monoisotopic (exact) mass is 199 g/mol. The van der Waals surface area contributed by atoms with Gasteiger partial charge in [-0.25, -0.2) is 0 Å². The van der Waals surface area contributed by atoms with E-state index in [1.807, 2.05) is 25.3 Å². The van der Waals surface area contributed by atoms with Crippen molar-refractivity contribution in [3.63, 3.8) is 0 Å². The fourth-order valence-electron chi connectivity index (χ4n) is 1.54. The predicted molar refractivity (Wildman–Crippen MR) is 62.5 cm³/mol. The van der Waals surface area contributed by atoms with Crippen LogP contribution in [0, 0.1) is 6.92 Å². The molecule has 1 aromatic carbocycles. The number of rotatable bonds is 2. The summed E-state index contributed by atoms with van der Waals surface area (Å²) in [6.07, 6.45) is 1.87. The van der Waals surface area contributed by atoms with Gasteiger partial charge in [-0.3, -0.25) is 4.98 Å². The van der Waals surface area contributed by atoms with Crippen LogP contribution in [0.2, 0.25) is 0 Å². The van der Waals surface area contributed by atoms with Crippen molar-refractivity contribution in [3.8, 4) is 0 Å². The van der Waals surface area contributed by atoms with Gasteiger partial charge in [0.15, 0.2) is 0 Å². The van der Waals surface area contributed by atoms with Gasteiger partial charge < -0.3 is 4.74 Å². The number of hydrogen-bond acceptors (Lipinski definition) is 2. The number of hydrogen-bond donors (Lipinski definition) is 0. The SMILES string of the molecule is C=C(OC)c1ccc2cc(C)ncc2c1. The van der Waals surface area contributed by atoms with Crippen LogP contribution >= 0.6 is 0 Å². The summed E-state index contributed by atoms with van der Waals surface area (Å²) in [5.41, 5.74) is 2.02. The lowest BCUT2D eigenvalue weighted by Gasteiger charge is -2.05. The summed E-state index contributed by atoms with van der Waals surface area (Å²) in [7, 11) is 1.62. The smallest absolute Gasteiger partial charge is 0.118 e. The molecule has 0 bridgehead atoms. The first-order chi connectivity index (χ1) is 7.20. The molecule has 0 N–H and O–H groups in total. The van der Waals surface area contributed by atoms with Crippen LogP contribution in [0.1, 0.15) is 11.3 Å². The Kier molecular flexibility index (Phi) is 2.42. The van der Waals surface area contributed by atoms with Crippen molar-refractivity contribution in [2.24, 2.45) is 0 Å². The van der Waals surface area contributed by atoms with Crippen LogP contribution in [-0.4, -0.2) is 12.1 Å². The number of fused-ring (bicyclic) bond motifs is 1. The maximum absolute atomic E-state index is 5.09. The van der Waals surface area contributed by atoms with E-state index in [9.17, 15) is 0 Å². The highest BCUT2D eigenvalue weighted by Crippen LogP contribution is 2.20. The lowest BCUT2D eigenvalue weighted by Crippen LogP contribution is -1.87. The molecular formula is C13H13NO. The third-order valence-electron chi connectivity index (χ3n) is 2.43. The van der Waals surface area contributed by atoms with Crippen molar-refractivity contribution < 1.29 is 4.74 Å². The Hall–Kier alpha value is -1.83. The van der Waals surface area contributed by atoms with E-state index in [4.69, 9.17) is 4.74 Å². The molecule has 0 aliphatic rings. The normalized spacial score (nSPS) is 10.3. The van der Waals surface area contributed by atoms with E-state index in [1.54, 1.807) is 7.11 Å². The molecule has 0 spiro atoms. The third-order valence-corrected chi connectivity index (χ3v) is 2.43. The zero-order chi connectivity index (χ0) is 10.8. The van der Waals surface area contributed by atoms with Gasteiger partial charge in [-0.05, 0) is 24.4 Å². The molecule has 0 atom stereocenters.